The lowest BCUT2D eigenvalue weighted by Crippen LogP contribution is -2.47. The van der Waals surface area contributed by atoms with Gasteiger partial charge in [0.05, 0.1) is 12.6 Å². The number of benzene rings is 1. The van der Waals surface area contributed by atoms with Crippen LogP contribution in [0.3, 0.4) is 0 Å². The minimum Gasteiger partial charge on any atom is -0.383 e. The maximum absolute atomic E-state index is 12.4. The van der Waals surface area contributed by atoms with E-state index >= 15 is 0 Å². The van der Waals surface area contributed by atoms with E-state index in [9.17, 15) is 4.79 Å². The molecule has 0 aliphatic carbocycles. The molecule has 0 saturated carbocycles. The second kappa shape index (κ2) is 7.92. The standard InChI is InChI=1S/C15H24N2O2/c1-4-14(12-9-7-6-8-10-12)17(5-2)15(18)13(16)11-19-3/h6-10,13-14H,4-5,11,16H2,1-3H3. The van der Waals surface area contributed by atoms with Gasteiger partial charge in [-0.1, -0.05) is 37.3 Å². The third-order valence-electron chi connectivity index (χ3n) is 3.23. The number of carbonyl (C=O) groups excluding carboxylic acids is 1. The van der Waals surface area contributed by atoms with Gasteiger partial charge in [-0.3, -0.25) is 4.79 Å². The number of rotatable bonds is 7. The molecule has 19 heavy (non-hydrogen) atoms. The predicted octanol–water partition coefficient (Wildman–Crippen LogP) is 1.96. The van der Waals surface area contributed by atoms with E-state index in [0.717, 1.165) is 12.0 Å². The zero-order chi connectivity index (χ0) is 14.3. The molecule has 0 radical (unpaired) electrons. The van der Waals surface area contributed by atoms with Gasteiger partial charge in [0.1, 0.15) is 6.04 Å². The smallest absolute Gasteiger partial charge is 0.242 e. The molecule has 2 atom stereocenters. The average molecular weight is 264 g/mol. The Bertz CT molecular complexity index is 381. The lowest BCUT2D eigenvalue weighted by Gasteiger charge is -2.32. The Hall–Kier alpha value is -1.39. The normalized spacial score (nSPS) is 13.9. The fourth-order valence-electron chi connectivity index (χ4n) is 2.30. The van der Waals surface area contributed by atoms with Crippen molar-refractivity contribution in [3.8, 4) is 0 Å². The van der Waals surface area contributed by atoms with Crippen molar-refractivity contribution in [3.05, 3.63) is 35.9 Å². The van der Waals surface area contributed by atoms with E-state index in [2.05, 4.69) is 6.92 Å². The van der Waals surface area contributed by atoms with Crippen molar-refractivity contribution in [2.24, 2.45) is 5.73 Å². The van der Waals surface area contributed by atoms with Crippen LogP contribution in [-0.2, 0) is 9.53 Å². The summed E-state index contributed by atoms with van der Waals surface area (Å²) in [6.07, 6.45) is 0.864. The highest BCUT2D eigenvalue weighted by Crippen LogP contribution is 2.24. The Labute approximate surface area is 115 Å². The summed E-state index contributed by atoms with van der Waals surface area (Å²) in [5, 5.41) is 0. The predicted molar refractivity (Wildman–Crippen MR) is 76.7 cm³/mol. The van der Waals surface area contributed by atoms with Gasteiger partial charge in [0.15, 0.2) is 0 Å². The van der Waals surface area contributed by atoms with Crippen molar-refractivity contribution >= 4 is 5.91 Å². The van der Waals surface area contributed by atoms with Crippen LogP contribution in [0.25, 0.3) is 0 Å². The minimum absolute atomic E-state index is 0.0555. The summed E-state index contributed by atoms with van der Waals surface area (Å²) in [4.78, 5) is 14.2. The highest BCUT2D eigenvalue weighted by atomic mass is 16.5. The summed E-state index contributed by atoms with van der Waals surface area (Å²) in [7, 11) is 1.55. The molecule has 0 bridgehead atoms. The van der Waals surface area contributed by atoms with Crippen LogP contribution in [0.4, 0.5) is 0 Å². The minimum atomic E-state index is -0.595. The number of ether oxygens (including phenoxy) is 1. The molecule has 0 heterocycles. The number of likely N-dealkylation sites (N-methyl/N-ethyl adjacent to an activating group) is 1. The van der Waals surface area contributed by atoms with Crippen molar-refractivity contribution in [2.75, 3.05) is 20.3 Å². The Morgan fingerprint density at radius 1 is 1.32 bits per heavy atom. The van der Waals surface area contributed by atoms with Crippen LogP contribution in [-0.4, -0.2) is 37.1 Å². The van der Waals surface area contributed by atoms with E-state index in [4.69, 9.17) is 10.5 Å². The van der Waals surface area contributed by atoms with E-state index in [1.54, 1.807) is 7.11 Å². The van der Waals surface area contributed by atoms with Gasteiger partial charge in [-0.2, -0.15) is 0 Å². The molecule has 1 aromatic carbocycles. The van der Waals surface area contributed by atoms with Crippen LogP contribution in [0, 0.1) is 0 Å². The van der Waals surface area contributed by atoms with Crippen molar-refractivity contribution in [1.82, 2.24) is 4.90 Å². The van der Waals surface area contributed by atoms with Crippen molar-refractivity contribution in [3.63, 3.8) is 0 Å². The van der Waals surface area contributed by atoms with Gasteiger partial charge in [-0.15, -0.1) is 0 Å². The molecule has 0 saturated heterocycles. The van der Waals surface area contributed by atoms with E-state index in [1.807, 2.05) is 42.2 Å². The number of nitrogens with zero attached hydrogens (tertiary/aromatic N) is 1. The summed E-state index contributed by atoms with van der Waals surface area (Å²) < 4.78 is 4.97. The molecule has 2 N–H and O–H groups in total. The van der Waals surface area contributed by atoms with Gasteiger partial charge < -0.3 is 15.4 Å². The van der Waals surface area contributed by atoms with Gasteiger partial charge in [-0.05, 0) is 18.9 Å². The first-order chi connectivity index (χ1) is 9.15. The topological polar surface area (TPSA) is 55.6 Å². The summed E-state index contributed by atoms with van der Waals surface area (Å²) in [5.74, 6) is -0.0555. The molecular formula is C15H24N2O2. The van der Waals surface area contributed by atoms with E-state index in [-0.39, 0.29) is 18.6 Å². The monoisotopic (exact) mass is 264 g/mol. The van der Waals surface area contributed by atoms with Crippen LogP contribution in [0.15, 0.2) is 30.3 Å². The molecular weight excluding hydrogens is 240 g/mol. The van der Waals surface area contributed by atoms with Crippen LogP contribution in [0.5, 0.6) is 0 Å². The largest absolute Gasteiger partial charge is 0.383 e. The summed E-state index contributed by atoms with van der Waals surface area (Å²) in [6.45, 7) is 4.95. The summed E-state index contributed by atoms with van der Waals surface area (Å²) in [6, 6.07) is 9.53. The maximum atomic E-state index is 12.4. The Morgan fingerprint density at radius 3 is 2.42 bits per heavy atom. The molecule has 4 heteroatoms. The molecule has 0 aliphatic heterocycles. The zero-order valence-electron chi connectivity index (χ0n) is 12.0. The molecule has 106 valence electrons. The number of methoxy groups -OCH3 is 1. The fourth-order valence-corrected chi connectivity index (χ4v) is 2.30. The third kappa shape index (κ3) is 4.04. The van der Waals surface area contributed by atoms with E-state index in [0.29, 0.717) is 6.54 Å². The number of hydrogen-bond acceptors (Lipinski definition) is 3. The van der Waals surface area contributed by atoms with Gasteiger partial charge in [0.2, 0.25) is 5.91 Å². The lowest BCUT2D eigenvalue weighted by atomic mass is 10.0. The van der Waals surface area contributed by atoms with Crippen molar-refractivity contribution < 1.29 is 9.53 Å². The molecule has 0 aromatic heterocycles. The SMILES string of the molecule is CCC(c1ccccc1)N(CC)C(=O)C(N)COC. The van der Waals surface area contributed by atoms with Crippen LogP contribution in [0.1, 0.15) is 31.9 Å². The molecule has 0 fully saturated rings. The first kappa shape index (κ1) is 15.7. The van der Waals surface area contributed by atoms with Crippen molar-refractivity contribution in [1.29, 1.82) is 0 Å². The number of carbonyl (C=O) groups is 1. The number of amides is 1. The number of hydrogen-bond donors (Lipinski definition) is 1. The van der Waals surface area contributed by atoms with Crippen LogP contribution in [0.2, 0.25) is 0 Å². The summed E-state index contributed by atoms with van der Waals surface area (Å²) >= 11 is 0. The van der Waals surface area contributed by atoms with Crippen molar-refractivity contribution in [2.45, 2.75) is 32.4 Å². The maximum Gasteiger partial charge on any atom is 0.242 e. The molecule has 1 amide bonds. The highest BCUT2D eigenvalue weighted by molar-refractivity contribution is 5.82. The number of nitrogens with two attached hydrogens (primary N) is 1. The Balaban J connectivity index is 2.90. The molecule has 1 rings (SSSR count). The molecule has 0 aliphatic rings. The highest BCUT2D eigenvalue weighted by Gasteiger charge is 2.26. The lowest BCUT2D eigenvalue weighted by molar-refractivity contribution is -0.136. The van der Waals surface area contributed by atoms with Gasteiger partial charge in [0.25, 0.3) is 0 Å². The molecule has 0 spiro atoms. The third-order valence-corrected chi connectivity index (χ3v) is 3.23. The van der Waals surface area contributed by atoms with Crippen LogP contribution < -0.4 is 5.73 Å². The Morgan fingerprint density at radius 2 is 1.95 bits per heavy atom. The average Bonchev–Trinajstić information content (AvgIpc) is 2.45. The second-order valence-electron chi connectivity index (χ2n) is 4.52. The van der Waals surface area contributed by atoms with Gasteiger partial charge in [0, 0.05) is 13.7 Å². The zero-order valence-corrected chi connectivity index (χ0v) is 12.0. The second-order valence-corrected chi connectivity index (χ2v) is 4.52. The van der Waals surface area contributed by atoms with E-state index in [1.165, 1.54) is 0 Å². The van der Waals surface area contributed by atoms with Crippen LogP contribution >= 0.6 is 0 Å². The summed E-state index contributed by atoms with van der Waals surface area (Å²) in [5.41, 5.74) is 7.00. The van der Waals surface area contributed by atoms with Gasteiger partial charge >= 0.3 is 0 Å². The first-order valence-electron chi connectivity index (χ1n) is 6.75. The first-order valence-corrected chi connectivity index (χ1v) is 6.75. The fraction of sp³-hybridized carbons (Fsp3) is 0.533. The Kier molecular flexibility index (Phi) is 6.53. The quantitative estimate of drug-likeness (QED) is 0.819. The molecule has 1 aromatic rings. The molecule has 4 nitrogen and oxygen atoms in total. The van der Waals surface area contributed by atoms with E-state index < -0.39 is 6.04 Å². The molecule has 2 unspecified atom stereocenters. The van der Waals surface area contributed by atoms with Gasteiger partial charge in [-0.25, -0.2) is 0 Å².